The summed E-state index contributed by atoms with van der Waals surface area (Å²) in [5.41, 5.74) is 1.04. The van der Waals surface area contributed by atoms with E-state index in [9.17, 15) is 9.59 Å². The number of furan rings is 1. The molecule has 2 rings (SSSR count). The Hall–Kier alpha value is -2.27. The SMILES string of the molecule is O=C(COC(=O)CCc1ccco1)NCCc1cccc(Cl)c1. The molecule has 1 aromatic heterocycles. The van der Waals surface area contributed by atoms with Gasteiger partial charge in [-0.25, -0.2) is 0 Å². The quantitative estimate of drug-likeness (QED) is 0.753. The molecule has 5 nitrogen and oxygen atoms in total. The minimum Gasteiger partial charge on any atom is -0.469 e. The molecule has 0 spiro atoms. The third-order valence-corrected chi connectivity index (χ3v) is 3.38. The van der Waals surface area contributed by atoms with E-state index in [4.69, 9.17) is 20.8 Å². The summed E-state index contributed by atoms with van der Waals surface area (Å²) in [6.07, 6.45) is 2.86. The molecule has 6 heteroatoms. The fourth-order valence-electron chi connectivity index (χ4n) is 1.99. The third kappa shape index (κ3) is 6.57. The first kappa shape index (κ1) is 17.1. The second-order valence-electron chi connectivity index (χ2n) is 4.97. The fourth-order valence-corrected chi connectivity index (χ4v) is 2.20. The van der Waals surface area contributed by atoms with Crippen LogP contribution >= 0.6 is 11.6 Å². The smallest absolute Gasteiger partial charge is 0.306 e. The minimum absolute atomic E-state index is 0.184. The number of carbonyl (C=O) groups is 2. The highest BCUT2D eigenvalue weighted by Gasteiger charge is 2.08. The van der Waals surface area contributed by atoms with Gasteiger partial charge in [-0.3, -0.25) is 9.59 Å². The van der Waals surface area contributed by atoms with E-state index < -0.39 is 5.97 Å². The van der Waals surface area contributed by atoms with Gasteiger partial charge in [0.15, 0.2) is 6.61 Å². The first-order chi connectivity index (χ1) is 11.1. The summed E-state index contributed by atoms with van der Waals surface area (Å²) in [4.78, 5) is 23.1. The summed E-state index contributed by atoms with van der Waals surface area (Å²) in [5.74, 6) is -0.0299. The Bertz CT molecular complexity index is 640. The summed E-state index contributed by atoms with van der Waals surface area (Å²) in [7, 11) is 0. The number of carbonyl (C=O) groups excluding carboxylic acids is 2. The number of rotatable bonds is 8. The predicted molar refractivity (Wildman–Crippen MR) is 86.2 cm³/mol. The highest BCUT2D eigenvalue weighted by molar-refractivity contribution is 6.30. The fraction of sp³-hybridized carbons (Fsp3) is 0.294. The van der Waals surface area contributed by atoms with Gasteiger partial charge < -0.3 is 14.5 Å². The van der Waals surface area contributed by atoms with Crippen LogP contribution in [0.15, 0.2) is 47.1 Å². The Morgan fingerprint density at radius 3 is 2.78 bits per heavy atom. The number of nitrogens with one attached hydrogen (secondary N) is 1. The van der Waals surface area contributed by atoms with Gasteiger partial charge in [0.2, 0.25) is 0 Å². The number of halogens is 1. The Kier molecular flexibility index (Phi) is 6.69. The molecule has 0 saturated heterocycles. The van der Waals surface area contributed by atoms with Gasteiger partial charge in [0.05, 0.1) is 12.7 Å². The van der Waals surface area contributed by atoms with Crippen LogP contribution in [0.1, 0.15) is 17.7 Å². The molecule has 0 aliphatic carbocycles. The standard InChI is InChI=1S/C17H18ClNO4/c18-14-4-1-3-13(11-14)8-9-19-16(20)12-23-17(21)7-6-15-5-2-10-22-15/h1-5,10-11H,6-9,12H2,(H,19,20). The zero-order valence-corrected chi connectivity index (χ0v) is 13.3. The van der Waals surface area contributed by atoms with Crippen molar-refractivity contribution < 1.29 is 18.7 Å². The molecule has 0 radical (unpaired) electrons. The number of hydrogen-bond acceptors (Lipinski definition) is 4. The molecule has 0 bridgehead atoms. The Balaban J connectivity index is 1.58. The van der Waals surface area contributed by atoms with Crippen molar-refractivity contribution in [3.8, 4) is 0 Å². The molecule has 0 saturated carbocycles. The van der Waals surface area contributed by atoms with Gasteiger partial charge in [0.25, 0.3) is 5.91 Å². The van der Waals surface area contributed by atoms with E-state index in [0.29, 0.717) is 30.2 Å². The molecular weight excluding hydrogens is 318 g/mol. The highest BCUT2D eigenvalue weighted by atomic mass is 35.5. The van der Waals surface area contributed by atoms with Crippen molar-refractivity contribution >= 4 is 23.5 Å². The van der Waals surface area contributed by atoms with Crippen LogP contribution in [-0.4, -0.2) is 25.0 Å². The van der Waals surface area contributed by atoms with Crippen molar-refractivity contribution in [2.45, 2.75) is 19.3 Å². The second-order valence-corrected chi connectivity index (χ2v) is 5.41. The van der Waals surface area contributed by atoms with Crippen LogP contribution < -0.4 is 5.32 Å². The van der Waals surface area contributed by atoms with E-state index in [1.54, 1.807) is 24.5 Å². The molecule has 122 valence electrons. The Morgan fingerprint density at radius 2 is 2.04 bits per heavy atom. The van der Waals surface area contributed by atoms with Crippen molar-refractivity contribution in [3.05, 3.63) is 59.0 Å². The lowest BCUT2D eigenvalue weighted by Gasteiger charge is -2.07. The molecule has 0 unspecified atom stereocenters. The lowest BCUT2D eigenvalue weighted by atomic mass is 10.1. The lowest BCUT2D eigenvalue weighted by molar-refractivity contribution is -0.148. The number of amides is 1. The average molecular weight is 336 g/mol. The summed E-state index contributed by atoms with van der Waals surface area (Å²) in [6, 6.07) is 11.0. The maximum absolute atomic E-state index is 11.6. The highest BCUT2D eigenvalue weighted by Crippen LogP contribution is 2.10. The maximum Gasteiger partial charge on any atom is 0.306 e. The van der Waals surface area contributed by atoms with E-state index in [0.717, 1.165) is 5.56 Å². The van der Waals surface area contributed by atoms with Gasteiger partial charge in [-0.2, -0.15) is 0 Å². The van der Waals surface area contributed by atoms with Crippen LogP contribution in [0.25, 0.3) is 0 Å². The first-order valence-electron chi connectivity index (χ1n) is 7.32. The van der Waals surface area contributed by atoms with Crippen molar-refractivity contribution in [2.24, 2.45) is 0 Å². The molecule has 0 aliphatic heterocycles. The topological polar surface area (TPSA) is 68.5 Å². The van der Waals surface area contributed by atoms with E-state index in [2.05, 4.69) is 5.32 Å². The Labute approximate surface area is 139 Å². The van der Waals surface area contributed by atoms with Gasteiger partial charge in [-0.05, 0) is 36.2 Å². The van der Waals surface area contributed by atoms with E-state index >= 15 is 0 Å². The van der Waals surface area contributed by atoms with E-state index in [1.165, 1.54) is 0 Å². The van der Waals surface area contributed by atoms with Gasteiger partial charge in [0.1, 0.15) is 5.76 Å². The number of hydrogen-bond donors (Lipinski definition) is 1. The summed E-state index contributed by atoms with van der Waals surface area (Å²) in [6.45, 7) is 0.190. The number of aryl methyl sites for hydroxylation is 1. The average Bonchev–Trinajstić information content (AvgIpc) is 3.04. The molecule has 1 heterocycles. The minimum atomic E-state index is -0.425. The third-order valence-electron chi connectivity index (χ3n) is 3.14. The van der Waals surface area contributed by atoms with Gasteiger partial charge in [0, 0.05) is 18.0 Å². The van der Waals surface area contributed by atoms with Gasteiger partial charge in [-0.1, -0.05) is 23.7 Å². The zero-order valence-electron chi connectivity index (χ0n) is 12.6. The molecule has 2 aromatic rings. The van der Waals surface area contributed by atoms with Gasteiger partial charge in [-0.15, -0.1) is 0 Å². The molecule has 1 aromatic carbocycles. The monoisotopic (exact) mass is 335 g/mol. The Morgan fingerprint density at radius 1 is 1.17 bits per heavy atom. The number of esters is 1. The van der Waals surface area contributed by atoms with Crippen LogP contribution in [0.3, 0.4) is 0 Å². The number of benzene rings is 1. The van der Waals surface area contributed by atoms with Crippen LogP contribution in [0, 0.1) is 0 Å². The van der Waals surface area contributed by atoms with Crippen LogP contribution in [0.5, 0.6) is 0 Å². The molecule has 1 N–H and O–H groups in total. The molecule has 1 amide bonds. The summed E-state index contributed by atoms with van der Waals surface area (Å²) >= 11 is 5.89. The van der Waals surface area contributed by atoms with Crippen LogP contribution in [0.4, 0.5) is 0 Å². The molecule has 0 aliphatic rings. The lowest BCUT2D eigenvalue weighted by Crippen LogP contribution is -2.30. The van der Waals surface area contributed by atoms with Crippen molar-refractivity contribution in [2.75, 3.05) is 13.2 Å². The maximum atomic E-state index is 11.6. The van der Waals surface area contributed by atoms with Crippen LogP contribution in [0.2, 0.25) is 5.02 Å². The molecule has 23 heavy (non-hydrogen) atoms. The predicted octanol–water partition coefficient (Wildman–Crippen LogP) is 2.77. The van der Waals surface area contributed by atoms with E-state index in [1.807, 2.05) is 18.2 Å². The van der Waals surface area contributed by atoms with E-state index in [-0.39, 0.29) is 18.9 Å². The molecule has 0 fully saturated rings. The van der Waals surface area contributed by atoms with Crippen LogP contribution in [-0.2, 0) is 27.2 Å². The molecule has 0 atom stereocenters. The second kappa shape index (κ2) is 9.00. The normalized spacial score (nSPS) is 10.3. The van der Waals surface area contributed by atoms with Crippen molar-refractivity contribution in [1.29, 1.82) is 0 Å². The first-order valence-corrected chi connectivity index (χ1v) is 7.70. The summed E-state index contributed by atoms with van der Waals surface area (Å²) in [5, 5.41) is 3.36. The van der Waals surface area contributed by atoms with Gasteiger partial charge >= 0.3 is 5.97 Å². The summed E-state index contributed by atoms with van der Waals surface area (Å²) < 4.78 is 10.0. The zero-order chi connectivity index (χ0) is 16.5. The van der Waals surface area contributed by atoms with Crippen molar-refractivity contribution in [1.82, 2.24) is 5.32 Å². The number of ether oxygens (including phenoxy) is 1. The largest absolute Gasteiger partial charge is 0.469 e. The van der Waals surface area contributed by atoms with Crippen molar-refractivity contribution in [3.63, 3.8) is 0 Å². The molecular formula is C17H18ClNO4.